The number of nitrogens with zero attached hydrogens (tertiary/aromatic N) is 4. The first kappa shape index (κ1) is 14.9. The first-order chi connectivity index (χ1) is 11.7. The smallest absolute Gasteiger partial charge is 0.324 e. The molecular weight excluding hydrogens is 310 g/mol. The van der Waals surface area contributed by atoms with Gasteiger partial charge in [-0.25, -0.2) is 14.7 Å². The average Bonchev–Trinajstić information content (AvgIpc) is 3.36. The fourth-order valence-electron chi connectivity index (χ4n) is 3.06. The Balaban J connectivity index is 1.39. The Labute approximate surface area is 137 Å². The summed E-state index contributed by atoms with van der Waals surface area (Å²) in [4.78, 5) is 28.0. The Morgan fingerprint density at radius 3 is 2.75 bits per heavy atom. The summed E-state index contributed by atoms with van der Waals surface area (Å²) in [6, 6.07) is 3.52. The Hall–Kier alpha value is -2.71. The number of hydrogen-bond acceptors (Lipinski definition) is 5. The zero-order chi connectivity index (χ0) is 16.5. The van der Waals surface area contributed by atoms with E-state index in [2.05, 4.69) is 30.7 Å². The molecule has 2 aromatic heterocycles. The molecule has 1 saturated heterocycles. The van der Waals surface area contributed by atoms with E-state index in [9.17, 15) is 9.59 Å². The standard InChI is InChI=1S/C15H19N7O2/c23-14-17-13(20-21-14)10-2-1-7-22(8-10)15(24)16-12-6-5-11(18-19-12)9-3-4-9/h5-6,9-10H,1-4,7-8H2,(H,16,19,24)(H2,17,20,21,23). The molecule has 0 aromatic carbocycles. The van der Waals surface area contributed by atoms with Crippen LogP contribution >= 0.6 is 0 Å². The summed E-state index contributed by atoms with van der Waals surface area (Å²) in [7, 11) is 0. The normalized spacial score (nSPS) is 20.8. The number of likely N-dealkylation sites (tertiary alicyclic amines) is 1. The summed E-state index contributed by atoms with van der Waals surface area (Å²) in [6.07, 6.45) is 4.09. The van der Waals surface area contributed by atoms with E-state index in [1.165, 1.54) is 12.8 Å². The van der Waals surface area contributed by atoms with Crippen molar-refractivity contribution in [3.8, 4) is 0 Å². The fraction of sp³-hybridized carbons (Fsp3) is 0.533. The van der Waals surface area contributed by atoms with E-state index in [1.54, 1.807) is 11.0 Å². The van der Waals surface area contributed by atoms with Crippen LogP contribution in [0.1, 0.15) is 49.0 Å². The Bertz CT molecular complexity index is 778. The van der Waals surface area contributed by atoms with Crippen LogP contribution in [0.15, 0.2) is 16.9 Å². The van der Waals surface area contributed by atoms with E-state index in [1.807, 2.05) is 6.07 Å². The number of urea groups is 1. The minimum Gasteiger partial charge on any atom is -0.324 e. The molecule has 9 heteroatoms. The predicted octanol–water partition coefficient (Wildman–Crippen LogP) is 1.18. The number of H-pyrrole nitrogens is 2. The maximum atomic E-state index is 12.4. The molecule has 1 unspecified atom stereocenters. The highest BCUT2D eigenvalue weighted by molar-refractivity contribution is 5.88. The zero-order valence-corrected chi connectivity index (χ0v) is 13.2. The van der Waals surface area contributed by atoms with Crippen LogP contribution in [-0.4, -0.2) is 49.4 Å². The first-order valence-electron chi connectivity index (χ1n) is 8.23. The molecule has 1 aliphatic heterocycles. The number of piperidine rings is 1. The monoisotopic (exact) mass is 329 g/mol. The largest absolute Gasteiger partial charge is 0.340 e. The van der Waals surface area contributed by atoms with Gasteiger partial charge in [0.2, 0.25) is 0 Å². The van der Waals surface area contributed by atoms with Crippen molar-refractivity contribution < 1.29 is 4.79 Å². The molecule has 1 aliphatic carbocycles. The van der Waals surface area contributed by atoms with Gasteiger partial charge >= 0.3 is 11.7 Å². The summed E-state index contributed by atoms with van der Waals surface area (Å²) in [5.41, 5.74) is 0.672. The predicted molar refractivity (Wildman–Crippen MR) is 85.8 cm³/mol. The minimum atomic E-state index is -0.322. The highest BCUT2D eigenvalue weighted by atomic mass is 16.2. The van der Waals surface area contributed by atoms with Gasteiger partial charge in [-0.15, -0.1) is 5.10 Å². The van der Waals surface area contributed by atoms with Crippen LogP contribution in [0.2, 0.25) is 0 Å². The zero-order valence-electron chi connectivity index (χ0n) is 13.2. The summed E-state index contributed by atoms with van der Waals surface area (Å²) in [5, 5.41) is 17.4. The molecule has 1 saturated carbocycles. The van der Waals surface area contributed by atoms with E-state index in [-0.39, 0.29) is 17.6 Å². The van der Waals surface area contributed by atoms with Crippen molar-refractivity contribution in [3.63, 3.8) is 0 Å². The molecular formula is C15H19N7O2. The Morgan fingerprint density at radius 1 is 1.21 bits per heavy atom. The molecule has 0 spiro atoms. The van der Waals surface area contributed by atoms with E-state index in [0.717, 1.165) is 18.5 Å². The van der Waals surface area contributed by atoms with Crippen LogP contribution < -0.4 is 11.0 Å². The van der Waals surface area contributed by atoms with Crippen molar-refractivity contribution in [2.75, 3.05) is 18.4 Å². The third-order valence-corrected chi connectivity index (χ3v) is 4.53. The van der Waals surface area contributed by atoms with Crippen LogP contribution in [0.4, 0.5) is 10.6 Å². The van der Waals surface area contributed by atoms with Crippen molar-refractivity contribution in [2.24, 2.45) is 0 Å². The van der Waals surface area contributed by atoms with Crippen molar-refractivity contribution in [3.05, 3.63) is 34.1 Å². The van der Waals surface area contributed by atoms with Crippen molar-refractivity contribution in [1.29, 1.82) is 0 Å². The van der Waals surface area contributed by atoms with Gasteiger partial charge in [0.15, 0.2) is 5.82 Å². The van der Waals surface area contributed by atoms with Gasteiger partial charge in [0, 0.05) is 24.9 Å². The second-order valence-electron chi connectivity index (χ2n) is 6.40. The summed E-state index contributed by atoms with van der Waals surface area (Å²) in [6.45, 7) is 1.19. The molecule has 0 bridgehead atoms. The van der Waals surface area contributed by atoms with Gasteiger partial charge < -0.3 is 4.90 Å². The van der Waals surface area contributed by atoms with Crippen LogP contribution in [-0.2, 0) is 0 Å². The SMILES string of the molecule is O=C(Nc1ccc(C2CC2)nn1)N1CCCC(c2n[nH]c(=O)[nH]2)C1. The van der Waals surface area contributed by atoms with E-state index < -0.39 is 0 Å². The third kappa shape index (κ3) is 3.15. The lowest BCUT2D eigenvalue weighted by Crippen LogP contribution is -2.42. The van der Waals surface area contributed by atoms with Gasteiger partial charge in [0.1, 0.15) is 5.82 Å². The highest BCUT2D eigenvalue weighted by Crippen LogP contribution is 2.38. The second kappa shape index (κ2) is 6.06. The number of aromatic nitrogens is 5. The number of hydrogen-bond donors (Lipinski definition) is 3. The molecule has 2 aliphatic rings. The molecule has 1 atom stereocenters. The molecule has 2 amide bonds. The summed E-state index contributed by atoms with van der Waals surface area (Å²) < 4.78 is 0. The number of amides is 2. The van der Waals surface area contributed by atoms with Crippen molar-refractivity contribution >= 4 is 11.8 Å². The minimum absolute atomic E-state index is 0.0341. The van der Waals surface area contributed by atoms with Gasteiger partial charge in [-0.2, -0.15) is 10.2 Å². The molecule has 9 nitrogen and oxygen atoms in total. The Kier molecular flexibility index (Phi) is 3.75. The molecule has 4 rings (SSSR count). The van der Waals surface area contributed by atoms with Crippen molar-refractivity contribution in [1.82, 2.24) is 30.3 Å². The quantitative estimate of drug-likeness (QED) is 0.781. The number of carbonyl (C=O) groups excluding carboxylic acids is 1. The third-order valence-electron chi connectivity index (χ3n) is 4.53. The second-order valence-corrected chi connectivity index (χ2v) is 6.40. The molecule has 3 heterocycles. The number of carbonyl (C=O) groups is 1. The van der Waals surface area contributed by atoms with E-state index in [0.29, 0.717) is 30.6 Å². The van der Waals surface area contributed by atoms with Crippen LogP contribution in [0, 0.1) is 0 Å². The summed E-state index contributed by atoms with van der Waals surface area (Å²) >= 11 is 0. The van der Waals surface area contributed by atoms with E-state index >= 15 is 0 Å². The molecule has 0 radical (unpaired) electrons. The summed E-state index contributed by atoms with van der Waals surface area (Å²) in [5.74, 6) is 1.64. The number of aromatic amines is 2. The molecule has 126 valence electrons. The van der Waals surface area contributed by atoms with Gasteiger partial charge in [-0.3, -0.25) is 10.3 Å². The molecule has 3 N–H and O–H groups in total. The molecule has 2 aromatic rings. The highest BCUT2D eigenvalue weighted by Gasteiger charge is 2.28. The molecule has 2 fully saturated rings. The van der Waals surface area contributed by atoms with Gasteiger partial charge in [-0.1, -0.05) is 0 Å². The van der Waals surface area contributed by atoms with Gasteiger partial charge in [-0.05, 0) is 37.8 Å². The maximum Gasteiger partial charge on any atom is 0.340 e. The van der Waals surface area contributed by atoms with Crippen LogP contribution in [0.3, 0.4) is 0 Å². The van der Waals surface area contributed by atoms with E-state index in [4.69, 9.17) is 0 Å². The lowest BCUT2D eigenvalue weighted by molar-refractivity contribution is 0.191. The number of anilines is 1. The lowest BCUT2D eigenvalue weighted by atomic mass is 9.98. The van der Waals surface area contributed by atoms with Crippen LogP contribution in [0.5, 0.6) is 0 Å². The van der Waals surface area contributed by atoms with Gasteiger partial charge in [0.25, 0.3) is 0 Å². The fourth-order valence-corrected chi connectivity index (χ4v) is 3.06. The Morgan fingerprint density at radius 2 is 2.08 bits per heavy atom. The topological polar surface area (TPSA) is 120 Å². The van der Waals surface area contributed by atoms with Crippen LogP contribution in [0.25, 0.3) is 0 Å². The van der Waals surface area contributed by atoms with Gasteiger partial charge in [0.05, 0.1) is 5.69 Å². The number of rotatable bonds is 3. The first-order valence-corrected chi connectivity index (χ1v) is 8.23. The number of nitrogens with one attached hydrogen (secondary N) is 3. The molecule has 24 heavy (non-hydrogen) atoms. The average molecular weight is 329 g/mol. The maximum absolute atomic E-state index is 12.4. The lowest BCUT2D eigenvalue weighted by Gasteiger charge is -2.31. The van der Waals surface area contributed by atoms with Crippen molar-refractivity contribution in [2.45, 2.75) is 37.5 Å².